The second-order valence-electron chi connectivity index (χ2n) is 4.00. The summed E-state index contributed by atoms with van der Waals surface area (Å²) in [4.78, 5) is 4.21. The molecule has 1 aromatic rings. The Labute approximate surface area is 94.9 Å². The Morgan fingerprint density at radius 1 is 1.47 bits per heavy atom. The van der Waals surface area contributed by atoms with Gasteiger partial charge in [-0.25, -0.2) is 4.98 Å². The summed E-state index contributed by atoms with van der Waals surface area (Å²) in [6, 6.07) is 0.699. The van der Waals surface area contributed by atoms with Crippen molar-refractivity contribution in [3.8, 4) is 0 Å². The molecule has 84 valence electrons. The van der Waals surface area contributed by atoms with E-state index in [4.69, 9.17) is 4.74 Å². The second-order valence-corrected chi connectivity index (χ2v) is 4.98. The molecule has 0 aliphatic heterocycles. The van der Waals surface area contributed by atoms with Crippen molar-refractivity contribution >= 4 is 11.3 Å². The van der Waals surface area contributed by atoms with Crippen molar-refractivity contribution in [2.45, 2.75) is 44.4 Å². The van der Waals surface area contributed by atoms with Crippen molar-refractivity contribution < 1.29 is 4.74 Å². The molecular weight excluding hydrogens is 208 g/mol. The maximum absolute atomic E-state index is 5.84. The van der Waals surface area contributed by atoms with Crippen LogP contribution in [-0.2, 0) is 11.3 Å². The highest BCUT2D eigenvalue weighted by molar-refractivity contribution is 7.09. The Morgan fingerprint density at radius 3 is 2.87 bits per heavy atom. The Morgan fingerprint density at radius 2 is 2.27 bits per heavy atom. The molecule has 15 heavy (non-hydrogen) atoms. The molecular formula is C11H18N2OS. The van der Waals surface area contributed by atoms with Crippen LogP contribution in [0.2, 0.25) is 0 Å². The van der Waals surface area contributed by atoms with Gasteiger partial charge in [0.2, 0.25) is 0 Å². The van der Waals surface area contributed by atoms with E-state index in [-0.39, 0.29) is 0 Å². The Balaban J connectivity index is 1.69. The minimum Gasteiger partial charge on any atom is -0.371 e. The van der Waals surface area contributed by atoms with Crippen LogP contribution in [0.1, 0.15) is 30.7 Å². The summed E-state index contributed by atoms with van der Waals surface area (Å²) in [7, 11) is 2.04. The SMILES string of the molecule is CNC1CCC(OCc2nccs2)CC1. The van der Waals surface area contributed by atoms with Crippen LogP contribution < -0.4 is 5.32 Å². The zero-order chi connectivity index (χ0) is 10.5. The van der Waals surface area contributed by atoms with Gasteiger partial charge in [0.1, 0.15) is 5.01 Å². The molecule has 2 rings (SSSR count). The first-order chi connectivity index (χ1) is 7.38. The maximum atomic E-state index is 5.84. The summed E-state index contributed by atoms with van der Waals surface area (Å²) in [5.74, 6) is 0. The summed E-state index contributed by atoms with van der Waals surface area (Å²) in [6.07, 6.45) is 7.10. The third kappa shape index (κ3) is 3.26. The molecule has 1 aliphatic rings. The van der Waals surface area contributed by atoms with Crippen LogP contribution >= 0.6 is 11.3 Å². The molecule has 1 N–H and O–H groups in total. The van der Waals surface area contributed by atoms with Gasteiger partial charge in [-0.3, -0.25) is 0 Å². The predicted molar refractivity (Wildman–Crippen MR) is 62.0 cm³/mol. The van der Waals surface area contributed by atoms with Gasteiger partial charge in [-0.1, -0.05) is 0 Å². The fourth-order valence-electron chi connectivity index (χ4n) is 2.03. The third-order valence-electron chi connectivity index (χ3n) is 3.01. The van der Waals surface area contributed by atoms with E-state index >= 15 is 0 Å². The van der Waals surface area contributed by atoms with Crippen molar-refractivity contribution in [2.24, 2.45) is 0 Å². The summed E-state index contributed by atoms with van der Waals surface area (Å²) in [6.45, 7) is 0.687. The highest BCUT2D eigenvalue weighted by Gasteiger charge is 2.20. The molecule has 1 aliphatic carbocycles. The molecule has 1 aromatic heterocycles. The summed E-state index contributed by atoms with van der Waals surface area (Å²) < 4.78 is 5.84. The lowest BCUT2D eigenvalue weighted by Gasteiger charge is -2.27. The summed E-state index contributed by atoms with van der Waals surface area (Å²) in [5, 5.41) is 6.41. The van der Waals surface area contributed by atoms with Crippen molar-refractivity contribution in [1.82, 2.24) is 10.3 Å². The van der Waals surface area contributed by atoms with E-state index in [2.05, 4.69) is 10.3 Å². The molecule has 0 bridgehead atoms. The first-order valence-corrected chi connectivity index (χ1v) is 6.43. The van der Waals surface area contributed by atoms with Crippen LogP contribution in [0.5, 0.6) is 0 Å². The van der Waals surface area contributed by atoms with Crippen molar-refractivity contribution in [3.05, 3.63) is 16.6 Å². The lowest BCUT2D eigenvalue weighted by Crippen LogP contribution is -2.32. The fourth-order valence-corrected chi connectivity index (χ4v) is 2.57. The average molecular weight is 226 g/mol. The van der Waals surface area contributed by atoms with E-state index < -0.39 is 0 Å². The summed E-state index contributed by atoms with van der Waals surface area (Å²) in [5.41, 5.74) is 0. The molecule has 3 nitrogen and oxygen atoms in total. The number of thiazole rings is 1. The van der Waals surface area contributed by atoms with Gasteiger partial charge in [0.05, 0.1) is 12.7 Å². The Kier molecular flexibility index (Phi) is 4.11. The number of ether oxygens (including phenoxy) is 1. The zero-order valence-corrected chi connectivity index (χ0v) is 9.93. The lowest BCUT2D eigenvalue weighted by molar-refractivity contribution is 0.0118. The Bertz CT molecular complexity index is 268. The van der Waals surface area contributed by atoms with Gasteiger partial charge in [-0.05, 0) is 32.7 Å². The third-order valence-corrected chi connectivity index (χ3v) is 3.76. The smallest absolute Gasteiger partial charge is 0.118 e. The lowest BCUT2D eigenvalue weighted by atomic mass is 9.93. The molecule has 0 atom stereocenters. The molecule has 1 saturated carbocycles. The topological polar surface area (TPSA) is 34.1 Å². The highest BCUT2D eigenvalue weighted by atomic mass is 32.1. The molecule has 1 fully saturated rings. The number of nitrogens with zero attached hydrogens (tertiary/aromatic N) is 1. The largest absolute Gasteiger partial charge is 0.371 e. The molecule has 1 heterocycles. The van der Waals surface area contributed by atoms with Gasteiger partial charge >= 0.3 is 0 Å². The van der Waals surface area contributed by atoms with Crippen LogP contribution in [0.25, 0.3) is 0 Å². The standard InChI is InChI=1S/C11H18N2OS/c1-12-9-2-4-10(5-3-9)14-8-11-13-6-7-15-11/h6-7,9-10,12H,2-5,8H2,1H3. The average Bonchev–Trinajstić information content (AvgIpc) is 2.80. The monoisotopic (exact) mass is 226 g/mol. The van der Waals surface area contributed by atoms with E-state index in [1.807, 2.05) is 18.6 Å². The van der Waals surface area contributed by atoms with Gasteiger partial charge in [0.15, 0.2) is 0 Å². The van der Waals surface area contributed by atoms with Crippen LogP contribution in [0.15, 0.2) is 11.6 Å². The number of rotatable bonds is 4. The van der Waals surface area contributed by atoms with Gasteiger partial charge in [-0.2, -0.15) is 0 Å². The van der Waals surface area contributed by atoms with Gasteiger partial charge in [-0.15, -0.1) is 11.3 Å². The van der Waals surface area contributed by atoms with E-state index in [9.17, 15) is 0 Å². The molecule has 0 radical (unpaired) electrons. The molecule has 0 amide bonds. The molecule has 0 saturated heterocycles. The molecule has 4 heteroatoms. The fraction of sp³-hybridized carbons (Fsp3) is 0.727. The first-order valence-electron chi connectivity index (χ1n) is 5.55. The van der Waals surface area contributed by atoms with E-state index in [0.29, 0.717) is 18.8 Å². The number of hydrogen-bond donors (Lipinski definition) is 1. The number of hydrogen-bond acceptors (Lipinski definition) is 4. The first kappa shape index (κ1) is 11.0. The molecule has 0 spiro atoms. The van der Waals surface area contributed by atoms with E-state index in [1.54, 1.807) is 11.3 Å². The number of aromatic nitrogens is 1. The van der Waals surface area contributed by atoms with Crippen LogP contribution in [0.4, 0.5) is 0 Å². The van der Waals surface area contributed by atoms with Gasteiger partial charge in [0.25, 0.3) is 0 Å². The van der Waals surface area contributed by atoms with Crippen molar-refractivity contribution in [1.29, 1.82) is 0 Å². The maximum Gasteiger partial charge on any atom is 0.118 e. The second kappa shape index (κ2) is 5.58. The van der Waals surface area contributed by atoms with Crippen LogP contribution in [0, 0.1) is 0 Å². The van der Waals surface area contributed by atoms with E-state index in [0.717, 1.165) is 5.01 Å². The van der Waals surface area contributed by atoms with Gasteiger partial charge < -0.3 is 10.1 Å². The minimum atomic E-state index is 0.443. The predicted octanol–water partition coefficient (Wildman–Crippen LogP) is 2.19. The van der Waals surface area contributed by atoms with Crippen molar-refractivity contribution in [3.63, 3.8) is 0 Å². The van der Waals surface area contributed by atoms with Crippen LogP contribution in [-0.4, -0.2) is 24.2 Å². The van der Waals surface area contributed by atoms with Gasteiger partial charge in [0, 0.05) is 17.6 Å². The van der Waals surface area contributed by atoms with E-state index in [1.165, 1.54) is 25.7 Å². The zero-order valence-electron chi connectivity index (χ0n) is 9.11. The number of nitrogens with one attached hydrogen (secondary N) is 1. The molecule has 0 aromatic carbocycles. The highest BCUT2D eigenvalue weighted by Crippen LogP contribution is 2.22. The normalized spacial score (nSPS) is 26.7. The quantitative estimate of drug-likeness (QED) is 0.854. The summed E-state index contributed by atoms with van der Waals surface area (Å²) >= 11 is 1.67. The molecule has 0 unspecified atom stereocenters. The van der Waals surface area contributed by atoms with Crippen molar-refractivity contribution in [2.75, 3.05) is 7.05 Å². The Hall–Kier alpha value is -0.450. The minimum absolute atomic E-state index is 0.443. The van der Waals surface area contributed by atoms with Crippen LogP contribution in [0.3, 0.4) is 0 Å².